The third kappa shape index (κ3) is 3.88. The van der Waals surface area contributed by atoms with Gasteiger partial charge in [0.1, 0.15) is 10.6 Å². The Hall–Kier alpha value is -2.22. The monoisotopic (exact) mass is 307 g/mol. The van der Waals surface area contributed by atoms with Crippen LogP contribution in [0.25, 0.3) is 0 Å². The fourth-order valence-corrected chi connectivity index (χ4v) is 2.68. The van der Waals surface area contributed by atoms with Gasteiger partial charge in [-0.2, -0.15) is 0 Å². The lowest BCUT2D eigenvalue weighted by molar-refractivity contribution is 0.0951. The molecule has 0 radical (unpaired) electrons. The average Bonchev–Trinajstić information content (AvgIpc) is 2.79. The quantitative estimate of drug-likeness (QED) is 0.707. The lowest BCUT2D eigenvalue weighted by Crippen LogP contribution is -2.31. The summed E-state index contributed by atoms with van der Waals surface area (Å²) < 4.78 is 0. The van der Waals surface area contributed by atoms with E-state index in [0.717, 1.165) is 10.7 Å². The summed E-state index contributed by atoms with van der Waals surface area (Å²) in [6, 6.07) is 1.78. The van der Waals surface area contributed by atoms with Crippen molar-refractivity contribution in [3.05, 3.63) is 38.2 Å². The van der Waals surface area contributed by atoms with Crippen molar-refractivity contribution >= 4 is 22.4 Å². The van der Waals surface area contributed by atoms with Crippen LogP contribution >= 0.6 is 11.3 Å². The number of hydrogen-bond donors (Lipinski definition) is 3. The number of anilines is 1. The molecule has 2 aromatic heterocycles. The van der Waals surface area contributed by atoms with Crippen LogP contribution in [-0.2, 0) is 6.42 Å². The molecule has 2 aromatic rings. The second-order valence-electron chi connectivity index (χ2n) is 4.73. The van der Waals surface area contributed by atoms with Gasteiger partial charge in [0.2, 0.25) is 5.13 Å². The first-order valence-electron chi connectivity index (χ1n) is 6.54. The van der Waals surface area contributed by atoms with Gasteiger partial charge in [-0.15, -0.1) is 10.2 Å². The predicted molar refractivity (Wildman–Crippen MR) is 81.5 cm³/mol. The van der Waals surface area contributed by atoms with Gasteiger partial charge < -0.3 is 16.0 Å². The highest BCUT2D eigenvalue weighted by Crippen LogP contribution is 2.12. The Kier molecular flexibility index (Phi) is 4.69. The molecule has 0 aliphatic rings. The zero-order valence-electron chi connectivity index (χ0n) is 11.9. The number of pyridine rings is 1. The van der Waals surface area contributed by atoms with Gasteiger partial charge in [-0.05, 0) is 31.9 Å². The molecule has 1 amide bonds. The van der Waals surface area contributed by atoms with E-state index in [1.165, 1.54) is 11.3 Å². The van der Waals surface area contributed by atoms with E-state index in [9.17, 15) is 9.59 Å². The SMILES string of the molecule is Cc1cc(C)c(C(=O)NCCCc2nnc(N)s2)c(=O)[nH]1. The molecule has 2 rings (SSSR count). The maximum atomic E-state index is 12.0. The number of carbonyl (C=O) groups excluding carboxylic acids is 1. The van der Waals surface area contributed by atoms with Crippen LogP contribution in [0.4, 0.5) is 5.13 Å². The summed E-state index contributed by atoms with van der Waals surface area (Å²) in [5.74, 6) is -0.356. The van der Waals surface area contributed by atoms with Gasteiger partial charge in [-0.3, -0.25) is 9.59 Å². The number of hydrogen-bond acceptors (Lipinski definition) is 6. The van der Waals surface area contributed by atoms with Gasteiger partial charge in [0.15, 0.2) is 0 Å². The molecule has 0 fully saturated rings. The Morgan fingerprint density at radius 3 is 2.81 bits per heavy atom. The molecule has 0 aliphatic heterocycles. The van der Waals surface area contributed by atoms with Crippen LogP contribution in [0.15, 0.2) is 10.9 Å². The number of nitrogen functional groups attached to an aromatic ring is 1. The van der Waals surface area contributed by atoms with Crippen molar-refractivity contribution in [2.24, 2.45) is 0 Å². The number of H-pyrrole nitrogens is 1. The number of aromatic nitrogens is 3. The Morgan fingerprint density at radius 1 is 1.43 bits per heavy atom. The predicted octanol–water partition coefficient (Wildman–Crippen LogP) is 0.788. The zero-order valence-corrected chi connectivity index (χ0v) is 12.7. The molecule has 8 heteroatoms. The molecule has 0 saturated carbocycles. The Balaban J connectivity index is 1.89. The van der Waals surface area contributed by atoms with Crippen molar-refractivity contribution in [3.63, 3.8) is 0 Å². The molecule has 4 N–H and O–H groups in total. The summed E-state index contributed by atoms with van der Waals surface area (Å²) in [6.07, 6.45) is 1.40. The van der Waals surface area contributed by atoms with Crippen molar-refractivity contribution in [2.45, 2.75) is 26.7 Å². The number of aromatic amines is 1. The van der Waals surface area contributed by atoms with Gasteiger partial charge in [-0.1, -0.05) is 11.3 Å². The zero-order chi connectivity index (χ0) is 15.4. The Morgan fingerprint density at radius 2 is 2.19 bits per heavy atom. The van der Waals surface area contributed by atoms with E-state index in [-0.39, 0.29) is 17.0 Å². The molecule has 0 atom stereocenters. The summed E-state index contributed by atoms with van der Waals surface area (Å²) in [7, 11) is 0. The summed E-state index contributed by atoms with van der Waals surface area (Å²) in [4.78, 5) is 26.5. The van der Waals surface area contributed by atoms with Crippen molar-refractivity contribution in [2.75, 3.05) is 12.3 Å². The average molecular weight is 307 g/mol. The highest BCUT2D eigenvalue weighted by Gasteiger charge is 2.13. The second kappa shape index (κ2) is 6.49. The summed E-state index contributed by atoms with van der Waals surface area (Å²) >= 11 is 1.34. The van der Waals surface area contributed by atoms with Crippen molar-refractivity contribution in [1.29, 1.82) is 0 Å². The molecule has 0 aromatic carbocycles. The maximum Gasteiger partial charge on any atom is 0.261 e. The number of rotatable bonds is 5. The van der Waals surface area contributed by atoms with Gasteiger partial charge in [0, 0.05) is 18.7 Å². The van der Waals surface area contributed by atoms with Gasteiger partial charge in [0.25, 0.3) is 11.5 Å². The highest BCUT2D eigenvalue weighted by molar-refractivity contribution is 7.15. The van der Waals surface area contributed by atoms with Crippen LogP contribution in [0, 0.1) is 13.8 Å². The van der Waals surface area contributed by atoms with E-state index in [1.54, 1.807) is 19.9 Å². The molecule has 2 heterocycles. The fourth-order valence-electron chi connectivity index (χ4n) is 2.03. The first-order chi connectivity index (χ1) is 9.97. The summed E-state index contributed by atoms with van der Waals surface area (Å²) in [5, 5.41) is 11.7. The molecular weight excluding hydrogens is 290 g/mol. The number of nitrogens with zero attached hydrogens (tertiary/aromatic N) is 2. The number of amides is 1. The minimum Gasteiger partial charge on any atom is -0.374 e. The second-order valence-corrected chi connectivity index (χ2v) is 5.83. The highest BCUT2D eigenvalue weighted by atomic mass is 32.1. The molecule has 112 valence electrons. The van der Waals surface area contributed by atoms with Crippen LogP contribution in [0.2, 0.25) is 0 Å². The summed E-state index contributed by atoms with van der Waals surface area (Å²) in [5.41, 5.74) is 6.71. The van der Waals surface area contributed by atoms with Crippen molar-refractivity contribution < 1.29 is 4.79 Å². The third-order valence-electron chi connectivity index (χ3n) is 2.93. The largest absolute Gasteiger partial charge is 0.374 e. The normalized spacial score (nSPS) is 10.6. The Labute approximate surface area is 125 Å². The van der Waals surface area contributed by atoms with Crippen LogP contribution in [0.3, 0.4) is 0 Å². The van der Waals surface area contributed by atoms with Gasteiger partial charge in [-0.25, -0.2) is 0 Å². The molecule has 0 spiro atoms. The molecule has 21 heavy (non-hydrogen) atoms. The van der Waals surface area contributed by atoms with Crippen LogP contribution in [0.1, 0.15) is 33.0 Å². The maximum absolute atomic E-state index is 12.0. The van der Waals surface area contributed by atoms with Crippen LogP contribution in [0.5, 0.6) is 0 Å². The van der Waals surface area contributed by atoms with Gasteiger partial charge in [0.05, 0.1) is 0 Å². The smallest absolute Gasteiger partial charge is 0.261 e. The molecule has 0 saturated heterocycles. The van der Waals surface area contributed by atoms with E-state index in [0.29, 0.717) is 30.1 Å². The first kappa shape index (κ1) is 15.2. The third-order valence-corrected chi connectivity index (χ3v) is 3.74. The minimum atomic E-state index is -0.359. The lowest BCUT2D eigenvalue weighted by Gasteiger charge is -2.07. The molecule has 0 bridgehead atoms. The minimum absolute atomic E-state index is 0.167. The van der Waals surface area contributed by atoms with Crippen LogP contribution < -0.4 is 16.6 Å². The first-order valence-corrected chi connectivity index (χ1v) is 7.35. The van der Waals surface area contributed by atoms with E-state index in [2.05, 4.69) is 20.5 Å². The molecule has 0 unspecified atom stereocenters. The number of nitrogens with one attached hydrogen (secondary N) is 2. The fraction of sp³-hybridized carbons (Fsp3) is 0.385. The summed E-state index contributed by atoms with van der Waals surface area (Å²) in [6.45, 7) is 4.00. The van der Waals surface area contributed by atoms with E-state index in [4.69, 9.17) is 5.73 Å². The number of carbonyl (C=O) groups is 1. The lowest BCUT2D eigenvalue weighted by atomic mass is 10.1. The van der Waals surface area contributed by atoms with Crippen molar-refractivity contribution in [1.82, 2.24) is 20.5 Å². The van der Waals surface area contributed by atoms with Gasteiger partial charge >= 0.3 is 0 Å². The standard InChI is InChI=1S/C13H17N5O2S/c1-7-6-8(2)16-12(20)10(7)11(19)15-5-3-4-9-17-18-13(14)21-9/h6H,3-5H2,1-2H3,(H2,14,18)(H,15,19)(H,16,20). The Bertz CT molecular complexity index is 707. The van der Waals surface area contributed by atoms with Crippen LogP contribution in [-0.4, -0.2) is 27.6 Å². The van der Waals surface area contributed by atoms with Crippen molar-refractivity contribution in [3.8, 4) is 0 Å². The number of aryl methyl sites for hydroxylation is 3. The topological polar surface area (TPSA) is 114 Å². The van der Waals surface area contributed by atoms with E-state index >= 15 is 0 Å². The molecule has 0 aliphatic carbocycles. The number of nitrogens with two attached hydrogens (primary N) is 1. The molecule has 7 nitrogen and oxygen atoms in total. The molecular formula is C13H17N5O2S. The van der Waals surface area contributed by atoms with E-state index in [1.807, 2.05) is 0 Å². The van der Waals surface area contributed by atoms with E-state index < -0.39 is 0 Å².